The van der Waals surface area contributed by atoms with Crippen molar-refractivity contribution in [1.29, 1.82) is 0 Å². The number of nitrogens with zero attached hydrogens (tertiary/aromatic N) is 4. The molecule has 7 nitrogen and oxygen atoms in total. The molecule has 0 spiro atoms. The zero-order chi connectivity index (χ0) is 23.7. The summed E-state index contributed by atoms with van der Waals surface area (Å²) in [7, 11) is 0. The number of amides is 1. The van der Waals surface area contributed by atoms with Gasteiger partial charge in [0.1, 0.15) is 11.7 Å². The van der Waals surface area contributed by atoms with Gasteiger partial charge in [0.15, 0.2) is 11.5 Å². The standard InChI is InChI=1S/C25H17Cl2N5O2/c26-17-12-10-15(11-13-17)19-14-21-29-30-24(22(28-25(33)34)16-6-2-1-3-7-16)32(21)31-23(19)18-8-4-5-9-20(18)27/h1-14,22,28H,(H,33,34). The molecule has 0 aliphatic carbocycles. The topological polar surface area (TPSA) is 92.4 Å². The van der Waals surface area contributed by atoms with E-state index in [1.165, 1.54) is 0 Å². The third kappa shape index (κ3) is 4.19. The first kappa shape index (κ1) is 21.9. The molecule has 2 N–H and O–H groups in total. The quantitative estimate of drug-likeness (QED) is 0.310. The lowest BCUT2D eigenvalue weighted by molar-refractivity contribution is 0.191. The molecule has 0 saturated carbocycles. The summed E-state index contributed by atoms with van der Waals surface area (Å²) in [6, 6.07) is 25.0. The molecule has 34 heavy (non-hydrogen) atoms. The molecule has 1 unspecified atom stereocenters. The number of carboxylic acid groups (broad SMARTS) is 1. The van der Waals surface area contributed by atoms with Gasteiger partial charge in [-0.2, -0.15) is 9.61 Å². The van der Waals surface area contributed by atoms with Gasteiger partial charge in [-0.25, -0.2) is 4.79 Å². The van der Waals surface area contributed by atoms with Crippen LogP contribution in [0.3, 0.4) is 0 Å². The second-order valence-corrected chi connectivity index (χ2v) is 8.36. The van der Waals surface area contributed by atoms with Gasteiger partial charge in [0.05, 0.1) is 5.02 Å². The SMILES string of the molecule is O=C(O)NC(c1ccccc1)c1nnc2cc(-c3ccc(Cl)cc3)c(-c3ccccc3Cl)nn12. The monoisotopic (exact) mass is 489 g/mol. The van der Waals surface area contributed by atoms with Gasteiger partial charge < -0.3 is 10.4 Å². The maximum atomic E-state index is 11.6. The summed E-state index contributed by atoms with van der Waals surface area (Å²) < 4.78 is 1.55. The summed E-state index contributed by atoms with van der Waals surface area (Å²) in [5.74, 6) is 0.333. The molecule has 5 aromatic rings. The smallest absolute Gasteiger partial charge is 0.405 e. The Hall–Kier alpha value is -3.94. The Morgan fingerprint density at radius 3 is 2.29 bits per heavy atom. The molecule has 0 radical (unpaired) electrons. The third-order valence-electron chi connectivity index (χ3n) is 5.36. The van der Waals surface area contributed by atoms with E-state index in [4.69, 9.17) is 28.3 Å². The van der Waals surface area contributed by atoms with E-state index in [0.29, 0.717) is 32.8 Å². The minimum atomic E-state index is -1.19. The number of carbonyl (C=O) groups is 1. The van der Waals surface area contributed by atoms with Crippen molar-refractivity contribution in [3.63, 3.8) is 0 Å². The van der Waals surface area contributed by atoms with E-state index in [0.717, 1.165) is 16.7 Å². The number of hydrogen-bond acceptors (Lipinski definition) is 4. The average Bonchev–Trinajstić information content (AvgIpc) is 3.26. The number of benzene rings is 3. The number of hydrogen-bond donors (Lipinski definition) is 2. The van der Waals surface area contributed by atoms with Crippen LogP contribution in [0.25, 0.3) is 28.0 Å². The molecule has 9 heteroatoms. The Balaban J connectivity index is 1.76. The lowest BCUT2D eigenvalue weighted by atomic mass is 10.00. The molecular formula is C25H17Cl2N5O2. The molecule has 0 saturated heterocycles. The van der Waals surface area contributed by atoms with Crippen LogP contribution in [0.5, 0.6) is 0 Å². The molecule has 2 heterocycles. The Labute approximate surface area is 204 Å². The minimum Gasteiger partial charge on any atom is -0.465 e. The second kappa shape index (κ2) is 9.13. The van der Waals surface area contributed by atoms with Crippen molar-refractivity contribution in [2.75, 3.05) is 0 Å². The van der Waals surface area contributed by atoms with Crippen molar-refractivity contribution < 1.29 is 9.90 Å². The molecule has 168 valence electrons. The van der Waals surface area contributed by atoms with Crippen LogP contribution in [0, 0.1) is 0 Å². The van der Waals surface area contributed by atoms with Crippen LogP contribution in [0.1, 0.15) is 17.4 Å². The van der Waals surface area contributed by atoms with Crippen molar-refractivity contribution >= 4 is 34.9 Å². The van der Waals surface area contributed by atoms with Crippen LogP contribution in [-0.4, -0.2) is 31.0 Å². The van der Waals surface area contributed by atoms with Crippen LogP contribution in [0.15, 0.2) is 84.9 Å². The van der Waals surface area contributed by atoms with Crippen molar-refractivity contribution in [3.8, 4) is 22.4 Å². The Morgan fingerprint density at radius 2 is 1.59 bits per heavy atom. The van der Waals surface area contributed by atoms with Crippen LogP contribution >= 0.6 is 23.2 Å². The highest BCUT2D eigenvalue weighted by atomic mass is 35.5. The Kier molecular flexibility index (Phi) is 5.88. The molecule has 0 bridgehead atoms. The van der Waals surface area contributed by atoms with Gasteiger partial charge in [-0.1, -0.05) is 83.9 Å². The van der Waals surface area contributed by atoms with Crippen molar-refractivity contribution in [1.82, 2.24) is 25.1 Å². The Morgan fingerprint density at radius 1 is 0.882 bits per heavy atom. The summed E-state index contributed by atoms with van der Waals surface area (Å²) in [6.45, 7) is 0. The van der Waals surface area contributed by atoms with E-state index in [2.05, 4.69) is 15.5 Å². The summed E-state index contributed by atoms with van der Waals surface area (Å²) in [5.41, 5.74) is 4.16. The number of nitrogens with one attached hydrogen (secondary N) is 1. The zero-order valence-electron chi connectivity index (χ0n) is 17.6. The highest BCUT2D eigenvalue weighted by molar-refractivity contribution is 6.33. The molecule has 0 aliphatic rings. The zero-order valence-corrected chi connectivity index (χ0v) is 19.1. The first-order chi connectivity index (χ1) is 16.5. The van der Waals surface area contributed by atoms with Gasteiger partial charge in [0, 0.05) is 16.1 Å². The summed E-state index contributed by atoms with van der Waals surface area (Å²) in [4.78, 5) is 11.6. The van der Waals surface area contributed by atoms with Gasteiger partial charge in [-0.3, -0.25) is 0 Å². The Bertz CT molecular complexity index is 1490. The average molecular weight is 490 g/mol. The molecule has 1 atom stereocenters. The van der Waals surface area contributed by atoms with Crippen molar-refractivity contribution in [2.24, 2.45) is 0 Å². The molecule has 5 rings (SSSR count). The van der Waals surface area contributed by atoms with Crippen LogP contribution in [0.2, 0.25) is 10.0 Å². The fourth-order valence-electron chi connectivity index (χ4n) is 3.80. The summed E-state index contributed by atoms with van der Waals surface area (Å²) >= 11 is 12.6. The highest BCUT2D eigenvalue weighted by Gasteiger charge is 2.25. The van der Waals surface area contributed by atoms with E-state index in [1.54, 1.807) is 22.7 Å². The van der Waals surface area contributed by atoms with E-state index in [1.807, 2.05) is 66.7 Å². The predicted molar refractivity (Wildman–Crippen MR) is 131 cm³/mol. The van der Waals surface area contributed by atoms with E-state index < -0.39 is 12.1 Å². The number of rotatable bonds is 5. The third-order valence-corrected chi connectivity index (χ3v) is 5.94. The van der Waals surface area contributed by atoms with Crippen molar-refractivity contribution in [2.45, 2.75) is 6.04 Å². The fraction of sp³-hybridized carbons (Fsp3) is 0.0400. The highest BCUT2D eigenvalue weighted by Crippen LogP contribution is 2.36. The minimum absolute atomic E-state index is 0.333. The number of aromatic nitrogens is 4. The lowest BCUT2D eigenvalue weighted by Gasteiger charge is -2.16. The van der Waals surface area contributed by atoms with Crippen LogP contribution in [-0.2, 0) is 0 Å². The van der Waals surface area contributed by atoms with Gasteiger partial charge in [0.25, 0.3) is 0 Å². The van der Waals surface area contributed by atoms with E-state index in [-0.39, 0.29) is 0 Å². The molecule has 2 aromatic heterocycles. The van der Waals surface area contributed by atoms with Crippen LogP contribution < -0.4 is 5.32 Å². The molecule has 0 fully saturated rings. The summed E-state index contributed by atoms with van der Waals surface area (Å²) in [6.07, 6.45) is -1.19. The maximum Gasteiger partial charge on any atom is 0.405 e. The second-order valence-electron chi connectivity index (χ2n) is 7.51. The van der Waals surface area contributed by atoms with Gasteiger partial charge in [-0.15, -0.1) is 10.2 Å². The number of fused-ring (bicyclic) bond motifs is 1. The molecule has 3 aromatic carbocycles. The van der Waals surface area contributed by atoms with Gasteiger partial charge in [0.2, 0.25) is 0 Å². The largest absolute Gasteiger partial charge is 0.465 e. The lowest BCUT2D eigenvalue weighted by Crippen LogP contribution is -2.29. The molecule has 1 amide bonds. The van der Waals surface area contributed by atoms with Gasteiger partial charge in [-0.05, 0) is 35.4 Å². The molecule has 0 aliphatic heterocycles. The molecular weight excluding hydrogens is 473 g/mol. The maximum absolute atomic E-state index is 11.6. The van der Waals surface area contributed by atoms with E-state index >= 15 is 0 Å². The summed E-state index contributed by atoms with van der Waals surface area (Å²) in [5, 5.41) is 26.6. The first-order valence-electron chi connectivity index (χ1n) is 10.3. The number of halogens is 2. The predicted octanol–water partition coefficient (Wildman–Crippen LogP) is 6.12. The van der Waals surface area contributed by atoms with Crippen LogP contribution in [0.4, 0.5) is 4.79 Å². The van der Waals surface area contributed by atoms with E-state index in [9.17, 15) is 9.90 Å². The first-order valence-corrected chi connectivity index (χ1v) is 11.1. The fourth-order valence-corrected chi connectivity index (χ4v) is 4.15. The van der Waals surface area contributed by atoms with Gasteiger partial charge >= 0.3 is 6.09 Å². The van der Waals surface area contributed by atoms with Crippen molar-refractivity contribution in [3.05, 3.63) is 106 Å². The normalized spacial score (nSPS) is 11.9.